The second-order valence-electron chi connectivity index (χ2n) is 5.65. The van der Waals surface area contributed by atoms with Crippen molar-refractivity contribution in [2.75, 3.05) is 6.54 Å². The summed E-state index contributed by atoms with van der Waals surface area (Å²) in [6, 6.07) is -0.205. The number of hydrogen-bond acceptors (Lipinski definition) is 2. The van der Waals surface area contributed by atoms with Gasteiger partial charge in [-0.15, -0.1) is 0 Å². The number of carboxylic acids is 1. The van der Waals surface area contributed by atoms with Gasteiger partial charge in [0.25, 0.3) is 0 Å². The largest absolute Gasteiger partial charge is 0.481 e. The zero-order valence-electron chi connectivity index (χ0n) is 12.7. The Hall–Kier alpha value is -1.26. The molecule has 0 saturated heterocycles. The minimum absolute atomic E-state index is 0.0856. The first-order valence-corrected chi connectivity index (χ1v) is 7.05. The summed E-state index contributed by atoms with van der Waals surface area (Å²) in [6.45, 7) is 9.97. The van der Waals surface area contributed by atoms with E-state index in [2.05, 4.69) is 24.5 Å². The maximum Gasteiger partial charge on any atom is 0.315 e. The smallest absolute Gasteiger partial charge is 0.315 e. The number of carbonyl (C=O) groups excluding carboxylic acids is 1. The van der Waals surface area contributed by atoms with E-state index in [4.69, 9.17) is 0 Å². The molecule has 0 heterocycles. The lowest BCUT2D eigenvalue weighted by Gasteiger charge is -2.27. The zero-order chi connectivity index (χ0) is 15.1. The second kappa shape index (κ2) is 8.02. The van der Waals surface area contributed by atoms with Gasteiger partial charge >= 0.3 is 12.0 Å². The molecule has 0 spiro atoms. The summed E-state index contributed by atoms with van der Waals surface area (Å²) >= 11 is 0. The van der Waals surface area contributed by atoms with Crippen molar-refractivity contribution in [2.45, 2.75) is 59.9 Å². The minimum Gasteiger partial charge on any atom is -0.481 e. The highest BCUT2D eigenvalue weighted by atomic mass is 16.4. The van der Waals surface area contributed by atoms with Crippen molar-refractivity contribution in [2.24, 2.45) is 11.3 Å². The molecular formula is C14H28N2O3. The molecule has 0 aromatic heterocycles. The Kier molecular flexibility index (Phi) is 7.49. The third-order valence-electron chi connectivity index (χ3n) is 3.60. The molecule has 0 rings (SSSR count). The molecule has 5 nitrogen and oxygen atoms in total. The fraction of sp³-hybridized carbons (Fsp3) is 0.857. The van der Waals surface area contributed by atoms with E-state index in [0.717, 1.165) is 6.42 Å². The van der Waals surface area contributed by atoms with E-state index in [9.17, 15) is 14.7 Å². The van der Waals surface area contributed by atoms with Crippen molar-refractivity contribution in [1.29, 1.82) is 0 Å². The average molecular weight is 272 g/mol. The van der Waals surface area contributed by atoms with Crippen molar-refractivity contribution >= 4 is 12.0 Å². The molecule has 3 N–H and O–H groups in total. The highest BCUT2D eigenvalue weighted by Gasteiger charge is 2.35. The fourth-order valence-electron chi connectivity index (χ4n) is 2.17. The van der Waals surface area contributed by atoms with Crippen molar-refractivity contribution in [3.63, 3.8) is 0 Å². The fourth-order valence-corrected chi connectivity index (χ4v) is 2.17. The number of aliphatic carboxylic acids is 1. The van der Waals surface area contributed by atoms with Gasteiger partial charge in [0, 0.05) is 12.6 Å². The number of carbonyl (C=O) groups is 2. The van der Waals surface area contributed by atoms with Crippen LogP contribution in [0.2, 0.25) is 0 Å². The van der Waals surface area contributed by atoms with Crippen LogP contribution in [0.25, 0.3) is 0 Å². The van der Waals surface area contributed by atoms with Crippen molar-refractivity contribution in [1.82, 2.24) is 10.6 Å². The van der Waals surface area contributed by atoms with E-state index >= 15 is 0 Å². The summed E-state index contributed by atoms with van der Waals surface area (Å²) in [5.74, 6) is -0.340. The van der Waals surface area contributed by atoms with Crippen LogP contribution in [-0.4, -0.2) is 29.7 Å². The molecule has 5 heteroatoms. The number of nitrogens with one attached hydrogen (secondary N) is 2. The first kappa shape index (κ1) is 17.7. The van der Waals surface area contributed by atoms with Crippen molar-refractivity contribution in [3.05, 3.63) is 0 Å². The average Bonchev–Trinajstić information content (AvgIpc) is 2.29. The van der Waals surface area contributed by atoms with E-state index in [-0.39, 0.29) is 18.6 Å². The van der Waals surface area contributed by atoms with Gasteiger partial charge in [-0.1, -0.05) is 27.7 Å². The molecule has 0 bridgehead atoms. The first-order valence-electron chi connectivity index (χ1n) is 7.05. The summed E-state index contributed by atoms with van der Waals surface area (Å²) in [4.78, 5) is 23.0. The summed E-state index contributed by atoms with van der Waals surface area (Å²) in [7, 11) is 0. The third-order valence-corrected chi connectivity index (χ3v) is 3.60. The first-order chi connectivity index (χ1) is 8.77. The molecule has 0 fully saturated rings. The van der Waals surface area contributed by atoms with E-state index in [0.29, 0.717) is 18.8 Å². The van der Waals surface area contributed by atoms with Crippen molar-refractivity contribution < 1.29 is 14.7 Å². The summed E-state index contributed by atoms with van der Waals surface area (Å²) in [5.41, 5.74) is -0.862. The predicted molar refractivity (Wildman–Crippen MR) is 76.1 cm³/mol. The van der Waals surface area contributed by atoms with Gasteiger partial charge in [-0.25, -0.2) is 4.79 Å². The number of rotatable bonds is 8. The predicted octanol–water partition coefficient (Wildman–Crippen LogP) is 2.61. The van der Waals surface area contributed by atoms with E-state index in [1.807, 2.05) is 20.8 Å². The molecule has 0 aliphatic rings. The number of carboxylic acid groups (broad SMARTS) is 1. The Morgan fingerprint density at radius 2 is 1.68 bits per heavy atom. The van der Waals surface area contributed by atoms with Crippen LogP contribution in [0, 0.1) is 11.3 Å². The molecule has 0 aliphatic carbocycles. The molecule has 2 amide bonds. The van der Waals surface area contributed by atoms with Crippen LogP contribution in [0.4, 0.5) is 4.79 Å². The third kappa shape index (κ3) is 5.94. The Balaban J connectivity index is 4.31. The van der Waals surface area contributed by atoms with Gasteiger partial charge in [0.2, 0.25) is 0 Å². The molecule has 19 heavy (non-hydrogen) atoms. The lowest BCUT2D eigenvalue weighted by molar-refractivity contribution is -0.149. The molecule has 112 valence electrons. The molecule has 0 aromatic carbocycles. The maximum atomic E-state index is 11.7. The van der Waals surface area contributed by atoms with Gasteiger partial charge in [0.1, 0.15) is 0 Å². The van der Waals surface area contributed by atoms with Crippen LogP contribution < -0.4 is 10.6 Å². The SMILES string of the molecule is CCC(CC)(CNC(=O)NC(C)CC(C)C)C(=O)O. The van der Waals surface area contributed by atoms with E-state index in [1.54, 1.807) is 0 Å². The monoisotopic (exact) mass is 272 g/mol. The Bertz CT molecular complexity index is 299. The quantitative estimate of drug-likeness (QED) is 0.635. The van der Waals surface area contributed by atoms with Crippen molar-refractivity contribution in [3.8, 4) is 0 Å². The standard InChI is InChI=1S/C14H28N2O3/c1-6-14(7-2,12(17)18)9-15-13(19)16-11(5)8-10(3)4/h10-11H,6-9H2,1-5H3,(H,17,18)(H2,15,16,19). The number of urea groups is 1. The lowest BCUT2D eigenvalue weighted by Crippen LogP contribution is -2.47. The topological polar surface area (TPSA) is 78.4 Å². The van der Waals surface area contributed by atoms with Gasteiger partial charge in [-0.3, -0.25) is 4.79 Å². The number of amides is 2. The molecule has 0 aromatic rings. The van der Waals surface area contributed by atoms with Gasteiger partial charge in [0.05, 0.1) is 5.41 Å². The van der Waals surface area contributed by atoms with Gasteiger partial charge < -0.3 is 15.7 Å². The molecule has 0 saturated carbocycles. The molecule has 0 radical (unpaired) electrons. The Labute approximate surface area is 116 Å². The normalized spacial score (nSPS) is 13.2. The minimum atomic E-state index is -0.862. The second-order valence-corrected chi connectivity index (χ2v) is 5.65. The van der Waals surface area contributed by atoms with Gasteiger partial charge in [-0.2, -0.15) is 0 Å². The van der Waals surface area contributed by atoms with Crippen LogP contribution >= 0.6 is 0 Å². The highest BCUT2D eigenvalue weighted by molar-refractivity contribution is 5.78. The Morgan fingerprint density at radius 1 is 1.16 bits per heavy atom. The van der Waals surface area contributed by atoms with Crippen LogP contribution in [0.3, 0.4) is 0 Å². The van der Waals surface area contributed by atoms with E-state index < -0.39 is 11.4 Å². The van der Waals surface area contributed by atoms with Crippen LogP contribution in [0.1, 0.15) is 53.9 Å². The summed E-state index contributed by atoms with van der Waals surface area (Å²) in [5, 5.41) is 14.8. The number of hydrogen-bond donors (Lipinski definition) is 3. The van der Waals surface area contributed by atoms with Gasteiger partial charge in [0.15, 0.2) is 0 Å². The van der Waals surface area contributed by atoms with Gasteiger partial charge in [-0.05, 0) is 32.1 Å². The highest BCUT2D eigenvalue weighted by Crippen LogP contribution is 2.25. The Morgan fingerprint density at radius 3 is 2.05 bits per heavy atom. The van der Waals surface area contributed by atoms with E-state index in [1.165, 1.54) is 0 Å². The maximum absolute atomic E-state index is 11.7. The molecule has 1 unspecified atom stereocenters. The lowest BCUT2D eigenvalue weighted by atomic mass is 9.82. The molecule has 0 aliphatic heterocycles. The summed E-state index contributed by atoms with van der Waals surface area (Å²) < 4.78 is 0. The van der Waals surface area contributed by atoms with Crippen LogP contribution in [0.5, 0.6) is 0 Å². The molecule has 1 atom stereocenters. The van der Waals surface area contributed by atoms with Crippen LogP contribution in [-0.2, 0) is 4.79 Å². The molecular weight excluding hydrogens is 244 g/mol. The summed E-state index contributed by atoms with van der Waals surface area (Å²) in [6.07, 6.45) is 1.90. The zero-order valence-corrected chi connectivity index (χ0v) is 12.7. The van der Waals surface area contributed by atoms with Crippen LogP contribution in [0.15, 0.2) is 0 Å².